The summed E-state index contributed by atoms with van der Waals surface area (Å²) < 4.78 is 7.32. The van der Waals surface area contributed by atoms with Gasteiger partial charge in [-0.3, -0.25) is 0 Å². The Morgan fingerprint density at radius 2 is 2.00 bits per heavy atom. The Labute approximate surface area is 111 Å². The number of rotatable bonds is 4. The molecule has 0 spiro atoms. The van der Waals surface area contributed by atoms with Crippen LogP contribution in [0.4, 0.5) is 0 Å². The summed E-state index contributed by atoms with van der Waals surface area (Å²) in [6, 6.07) is 13.9. The molecule has 19 heavy (non-hydrogen) atoms. The van der Waals surface area contributed by atoms with Crippen molar-refractivity contribution >= 4 is 0 Å². The van der Waals surface area contributed by atoms with E-state index in [1.54, 1.807) is 6.26 Å². The van der Waals surface area contributed by atoms with Crippen molar-refractivity contribution in [1.29, 1.82) is 0 Å². The zero-order chi connectivity index (χ0) is 13.1. The maximum atomic E-state index is 5.46. The number of hydrogen-bond donors (Lipinski definition) is 1. The van der Waals surface area contributed by atoms with Crippen molar-refractivity contribution in [2.24, 2.45) is 0 Å². The lowest BCUT2D eigenvalue weighted by Crippen LogP contribution is -2.16. The van der Waals surface area contributed by atoms with Crippen molar-refractivity contribution in [2.45, 2.75) is 6.04 Å². The van der Waals surface area contributed by atoms with Gasteiger partial charge in [0.25, 0.3) is 0 Å². The minimum absolute atomic E-state index is 0.0208. The summed E-state index contributed by atoms with van der Waals surface area (Å²) in [5, 5.41) is 7.64. The third-order valence-corrected chi connectivity index (χ3v) is 3.07. The van der Waals surface area contributed by atoms with Crippen molar-refractivity contribution < 1.29 is 4.42 Å². The maximum absolute atomic E-state index is 5.46. The standard InChI is InChI=1S/C15H15N3O/c1-16-15(14-8-5-9-19-14)12-10-17-18(11-12)13-6-3-2-4-7-13/h2-11,15-16H,1H3. The molecule has 4 heteroatoms. The lowest BCUT2D eigenvalue weighted by molar-refractivity contribution is 0.463. The molecule has 0 radical (unpaired) electrons. The van der Waals surface area contributed by atoms with Crippen LogP contribution in [0, 0.1) is 0 Å². The van der Waals surface area contributed by atoms with Gasteiger partial charge in [0.15, 0.2) is 0 Å². The highest BCUT2D eigenvalue weighted by atomic mass is 16.3. The van der Waals surface area contributed by atoms with E-state index in [4.69, 9.17) is 4.42 Å². The molecule has 0 amide bonds. The van der Waals surface area contributed by atoms with Crippen LogP contribution in [0.2, 0.25) is 0 Å². The highest BCUT2D eigenvalue weighted by molar-refractivity contribution is 5.32. The van der Waals surface area contributed by atoms with Crippen LogP contribution in [0.25, 0.3) is 5.69 Å². The Morgan fingerprint density at radius 3 is 2.68 bits per heavy atom. The minimum Gasteiger partial charge on any atom is -0.467 e. The monoisotopic (exact) mass is 253 g/mol. The number of nitrogens with one attached hydrogen (secondary N) is 1. The molecule has 2 heterocycles. The highest BCUT2D eigenvalue weighted by Gasteiger charge is 2.16. The largest absolute Gasteiger partial charge is 0.467 e. The lowest BCUT2D eigenvalue weighted by Gasteiger charge is -2.10. The van der Waals surface area contributed by atoms with Crippen LogP contribution in [0.3, 0.4) is 0 Å². The predicted octanol–water partition coefficient (Wildman–Crippen LogP) is 2.77. The summed E-state index contributed by atoms with van der Waals surface area (Å²) in [4.78, 5) is 0. The minimum atomic E-state index is 0.0208. The van der Waals surface area contributed by atoms with Gasteiger partial charge in [-0.2, -0.15) is 5.10 Å². The van der Waals surface area contributed by atoms with Crippen LogP contribution in [-0.4, -0.2) is 16.8 Å². The van der Waals surface area contributed by atoms with E-state index in [0.717, 1.165) is 17.0 Å². The van der Waals surface area contributed by atoms with Gasteiger partial charge in [0.2, 0.25) is 0 Å². The molecule has 3 aromatic rings. The molecular formula is C15H15N3O. The first-order valence-corrected chi connectivity index (χ1v) is 6.19. The van der Waals surface area contributed by atoms with Gasteiger partial charge < -0.3 is 9.73 Å². The molecule has 0 saturated carbocycles. The SMILES string of the molecule is CNC(c1cnn(-c2ccccc2)c1)c1ccco1. The fourth-order valence-electron chi connectivity index (χ4n) is 2.14. The van der Waals surface area contributed by atoms with Crippen LogP contribution in [0.1, 0.15) is 17.4 Å². The highest BCUT2D eigenvalue weighted by Crippen LogP contribution is 2.22. The van der Waals surface area contributed by atoms with Crippen LogP contribution in [0.5, 0.6) is 0 Å². The van der Waals surface area contributed by atoms with Crippen molar-refractivity contribution in [3.05, 3.63) is 72.4 Å². The van der Waals surface area contributed by atoms with E-state index in [2.05, 4.69) is 10.4 Å². The lowest BCUT2D eigenvalue weighted by atomic mass is 10.1. The smallest absolute Gasteiger partial charge is 0.125 e. The number of hydrogen-bond acceptors (Lipinski definition) is 3. The van der Waals surface area contributed by atoms with Gasteiger partial charge in [-0.15, -0.1) is 0 Å². The van der Waals surface area contributed by atoms with Gasteiger partial charge in [0.05, 0.1) is 24.2 Å². The second-order valence-corrected chi connectivity index (χ2v) is 4.29. The summed E-state index contributed by atoms with van der Waals surface area (Å²) in [5.41, 5.74) is 2.12. The molecule has 0 aliphatic carbocycles. The summed E-state index contributed by atoms with van der Waals surface area (Å²) in [5.74, 6) is 0.884. The number of furan rings is 1. The molecule has 0 fully saturated rings. The Kier molecular flexibility index (Phi) is 3.16. The fourth-order valence-corrected chi connectivity index (χ4v) is 2.14. The summed E-state index contributed by atoms with van der Waals surface area (Å²) >= 11 is 0. The molecule has 1 atom stereocenters. The normalized spacial score (nSPS) is 12.5. The average Bonchev–Trinajstić information content (AvgIpc) is 3.12. The Hall–Kier alpha value is -2.33. The average molecular weight is 253 g/mol. The first-order valence-electron chi connectivity index (χ1n) is 6.19. The van der Waals surface area contributed by atoms with E-state index in [1.165, 1.54) is 0 Å². The zero-order valence-corrected chi connectivity index (χ0v) is 10.7. The van der Waals surface area contributed by atoms with Gasteiger partial charge in [0.1, 0.15) is 5.76 Å². The molecule has 2 aromatic heterocycles. The number of nitrogens with zero attached hydrogens (tertiary/aromatic N) is 2. The van der Waals surface area contributed by atoms with Gasteiger partial charge in [-0.1, -0.05) is 18.2 Å². The van der Waals surface area contributed by atoms with Crippen molar-refractivity contribution in [3.63, 3.8) is 0 Å². The van der Waals surface area contributed by atoms with Crippen molar-refractivity contribution in [1.82, 2.24) is 15.1 Å². The molecule has 0 saturated heterocycles. The van der Waals surface area contributed by atoms with E-state index in [1.807, 2.05) is 66.6 Å². The molecule has 4 nitrogen and oxygen atoms in total. The van der Waals surface area contributed by atoms with Crippen LogP contribution >= 0.6 is 0 Å². The van der Waals surface area contributed by atoms with E-state index >= 15 is 0 Å². The number of benzene rings is 1. The molecule has 0 bridgehead atoms. The van der Waals surface area contributed by atoms with Gasteiger partial charge in [-0.05, 0) is 31.3 Å². The van der Waals surface area contributed by atoms with E-state index in [9.17, 15) is 0 Å². The molecule has 1 N–H and O–H groups in total. The third kappa shape index (κ3) is 2.30. The molecule has 1 unspecified atom stereocenters. The van der Waals surface area contributed by atoms with Crippen LogP contribution in [-0.2, 0) is 0 Å². The zero-order valence-electron chi connectivity index (χ0n) is 10.7. The Balaban J connectivity index is 1.93. The first-order chi connectivity index (χ1) is 9.38. The van der Waals surface area contributed by atoms with Gasteiger partial charge in [0, 0.05) is 11.8 Å². The fraction of sp³-hybridized carbons (Fsp3) is 0.133. The van der Waals surface area contributed by atoms with Gasteiger partial charge >= 0.3 is 0 Å². The summed E-state index contributed by atoms with van der Waals surface area (Å²) in [7, 11) is 1.91. The number of para-hydroxylation sites is 1. The summed E-state index contributed by atoms with van der Waals surface area (Å²) in [6.07, 6.45) is 5.55. The van der Waals surface area contributed by atoms with Crippen LogP contribution < -0.4 is 5.32 Å². The van der Waals surface area contributed by atoms with Crippen molar-refractivity contribution in [2.75, 3.05) is 7.05 Å². The molecule has 1 aromatic carbocycles. The molecule has 0 aliphatic rings. The van der Waals surface area contributed by atoms with Gasteiger partial charge in [-0.25, -0.2) is 4.68 Å². The topological polar surface area (TPSA) is 43.0 Å². The molecule has 3 rings (SSSR count). The second-order valence-electron chi connectivity index (χ2n) is 4.29. The third-order valence-electron chi connectivity index (χ3n) is 3.07. The quantitative estimate of drug-likeness (QED) is 0.777. The maximum Gasteiger partial charge on any atom is 0.125 e. The predicted molar refractivity (Wildman–Crippen MR) is 73.2 cm³/mol. The number of aromatic nitrogens is 2. The van der Waals surface area contributed by atoms with E-state index < -0.39 is 0 Å². The van der Waals surface area contributed by atoms with E-state index in [0.29, 0.717) is 0 Å². The van der Waals surface area contributed by atoms with Crippen LogP contribution in [0.15, 0.2) is 65.5 Å². The molecular weight excluding hydrogens is 238 g/mol. The summed E-state index contributed by atoms with van der Waals surface area (Å²) in [6.45, 7) is 0. The molecule has 96 valence electrons. The Morgan fingerprint density at radius 1 is 1.16 bits per heavy atom. The first kappa shape index (κ1) is 11.7. The molecule has 0 aliphatic heterocycles. The van der Waals surface area contributed by atoms with Crippen molar-refractivity contribution in [3.8, 4) is 5.69 Å². The Bertz CT molecular complexity index is 628. The van der Waals surface area contributed by atoms with E-state index in [-0.39, 0.29) is 6.04 Å². The second kappa shape index (κ2) is 5.12.